The topological polar surface area (TPSA) is 63.4 Å². The predicted octanol–water partition coefficient (Wildman–Crippen LogP) is 1.84. The fraction of sp³-hybridized carbons (Fsp3) is 0.500. The average molecular weight is 289 g/mol. The summed E-state index contributed by atoms with van der Waals surface area (Å²) in [5.74, 6) is 0. The van der Waals surface area contributed by atoms with Gasteiger partial charge in [0.15, 0.2) is 0 Å². The van der Waals surface area contributed by atoms with E-state index in [4.69, 9.17) is 17.3 Å². The molecule has 1 aliphatic rings. The number of rotatable bonds is 3. The molecule has 6 heteroatoms. The van der Waals surface area contributed by atoms with E-state index in [-0.39, 0.29) is 10.9 Å². The third kappa shape index (κ3) is 2.69. The molecule has 0 unspecified atom stereocenters. The van der Waals surface area contributed by atoms with E-state index in [2.05, 4.69) is 0 Å². The molecule has 100 valence electrons. The fourth-order valence-corrected chi connectivity index (χ4v) is 4.29. The molecule has 1 aromatic rings. The molecule has 0 amide bonds. The van der Waals surface area contributed by atoms with E-state index >= 15 is 0 Å². The lowest BCUT2D eigenvalue weighted by atomic mass is 10.1. The van der Waals surface area contributed by atoms with Crippen LogP contribution in [-0.2, 0) is 10.0 Å². The molecule has 0 spiro atoms. The van der Waals surface area contributed by atoms with Crippen LogP contribution in [0.2, 0.25) is 5.02 Å². The van der Waals surface area contributed by atoms with Crippen molar-refractivity contribution in [3.8, 4) is 0 Å². The zero-order valence-electron chi connectivity index (χ0n) is 10.0. The number of sulfonamides is 1. The summed E-state index contributed by atoms with van der Waals surface area (Å²) in [5.41, 5.74) is 5.67. The molecule has 0 aliphatic carbocycles. The van der Waals surface area contributed by atoms with Crippen molar-refractivity contribution in [3.05, 3.63) is 29.3 Å². The standard InChI is InChI=1S/C12H17ClN2O2S/c13-10-4-3-6-12(8-10)18(16,17)15-7-2-1-5-11(15)9-14/h3-4,6,8,11H,1-2,5,7,9,14H2/t11-/m0/s1. The highest BCUT2D eigenvalue weighted by molar-refractivity contribution is 7.89. The first-order chi connectivity index (χ1) is 8.55. The summed E-state index contributed by atoms with van der Waals surface area (Å²) < 4.78 is 26.6. The first-order valence-electron chi connectivity index (χ1n) is 6.03. The number of nitrogens with two attached hydrogens (primary N) is 1. The molecule has 1 aromatic carbocycles. The van der Waals surface area contributed by atoms with Gasteiger partial charge in [0.05, 0.1) is 4.90 Å². The molecular weight excluding hydrogens is 272 g/mol. The molecule has 18 heavy (non-hydrogen) atoms. The molecule has 1 heterocycles. The Balaban J connectivity index is 2.35. The number of hydrogen-bond donors (Lipinski definition) is 1. The third-order valence-corrected chi connectivity index (χ3v) is 5.43. The molecule has 0 aromatic heterocycles. The molecule has 0 bridgehead atoms. The van der Waals surface area contributed by atoms with E-state index in [1.165, 1.54) is 10.4 Å². The lowest BCUT2D eigenvalue weighted by Gasteiger charge is -2.33. The van der Waals surface area contributed by atoms with Crippen molar-refractivity contribution in [3.63, 3.8) is 0 Å². The summed E-state index contributed by atoms with van der Waals surface area (Å²) in [5, 5.41) is 0.428. The first-order valence-corrected chi connectivity index (χ1v) is 7.85. The Morgan fingerprint density at radius 3 is 2.83 bits per heavy atom. The van der Waals surface area contributed by atoms with E-state index in [0.717, 1.165) is 19.3 Å². The highest BCUT2D eigenvalue weighted by Gasteiger charge is 2.32. The van der Waals surface area contributed by atoms with Crippen molar-refractivity contribution in [1.82, 2.24) is 4.31 Å². The van der Waals surface area contributed by atoms with Crippen LogP contribution in [0.25, 0.3) is 0 Å². The van der Waals surface area contributed by atoms with Crippen LogP contribution < -0.4 is 5.73 Å². The minimum absolute atomic E-state index is 0.0947. The lowest BCUT2D eigenvalue weighted by Crippen LogP contribution is -2.47. The zero-order chi connectivity index (χ0) is 13.2. The van der Waals surface area contributed by atoms with Crippen LogP contribution >= 0.6 is 11.6 Å². The third-order valence-electron chi connectivity index (χ3n) is 3.25. The van der Waals surface area contributed by atoms with E-state index in [0.29, 0.717) is 18.1 Å². The number of benzene rings is 1. The SMILES string of the molecule is NC[C@@H]1CCCCN1S(=O)(=O)c1cccc(Cl)c1. The summed E-state index contributed by atoms with van der Waals surface area (Å²) in [6.45, 7) is 0.899. The van der Waals surface area contributed by atoms with Crippen LogP contribution in [0.1, 0.15) is 19.3 Å². The van der Waals surface area contributed by atoms with Gasteiger partial charge in [0.25, 0.3) is 0 Å². The van der Waals surface area contributed by atoms with Crippen molar-refractivity contribution in [2.24, 2.45) is 5.73 Å². The number of piperidine rings is 1. The van der Waals surface area contributed by atoms with Crippen LogP contribution in [-0.4, -0.2) is 31.9 Å². The molecular formula is C12H17ClN2O2S. The molecule has 4 nitrogen and oxygen atoms in total. The first kappa shape index (κ1) is 13.8. The summed E-state index contributed by atoms with van der Waals surface area (Å²) in [4.78, 5) is 0.246. The van der Waals surface area contributed by atoms with Gasteiger partial charge in [-0.1, -0.05) is 24.1 Å². The summed E-state index contributed by atoms with van der Waals surface area (Å²) in [7, 11) is -3.48. The largest absolute Gasteiger partial charge is 0.329 e. The van der Waals surface area contributed by atoms with Crippen molar-refractivity contribution < 1.29 is 8.42 Å². The van der Waals surface area contributed by atoms with Gasteiger partial charge in [0, 0.05) is 24.2 Å². The Morgan fingerprint density at radius 1 is 1.39 bits per heavy atom. The second-order valence-corrected chi connectivity index (χ2v) is 6.79. The van der Waals surface area contributed by atoms with Crippen molar-refractivity contribution in [2.45, 2.75) is 30.2 Å². The maximum atomic E-state index is 12.5. The highest BCUT2D eigenvalue weighted by atomic mass is 35.5. The van der Waals surface area contributed by atoms with Crippen LogP contribution in [0.4, 0.5) is 0 Å². The molecule has 0 saturated carbocycles. The highest BCUT2D eigenvalue weighted by Crippen LogP contribution is 2.26. The quantitative estimate of drug-likeness (QED) is 0.923. The van der Waals surface area contributed by atoms with Gasteiger partial charge in [-0.2, -0.15) is 4.31 Å². The number of halogens is 1. The predicted molar refractivity (Wildman–Crippen MR) is 72.0 cm³/mol. The lowest BCUT2D eigenvalue weighted by molar-refractivity contribution is 0.257. The van der Waals surface area contributed by atoms with Crippen LogP contribution in [0.3, 0.4) is 0 Å². The van der Waals surface area contributed by atoms with Crippen molar-refractivity contribution >= 4 is 21.6 Å². The number of nitrogens with zero attached hydrogens (tertiary/aromatic N) is 1. The monoisotopic (exact) mass is 288 g/mol. The zero-order valence-corrected chi connectivity index (χ0v) is 11.6. The molecule has 0 radical (unpaired) electrons. The van der Waals surface area contributed by atoms with E-state index < -0.39 is 10.0 Å². The molecule has 2 rings (SSSR count). The second kappa shape index (κ2) is 5.57. The smallest absolute Gasteiger partial charge is 0.243 e. The van der Waals surface area contributed by atoms with Gasteiger partial charge in [0.2, 0.25) is 10.0 Å². The Hall–Kier alpha value is -0.620. The van der Waals surface area contributed by atoms with Gasteiger partial charge in [0.1, 0.15) is 0 Å². The second-order valence-electron chi connectivity index (χ2n) is 4.46. The number of hydrogen-bond acceptors (Lipinski definition) is 3. The molecule has 1 fully saturated rings. The molecule has 1 atom stereocenters. The molecule has 1 aliphatic heterocycles. The summed E-state index contributed by atoms with van der Waals surface area (Å²) in [6.07, 6.45) is 2.75. The maximum Gasteiger partial charge on any atom is 0.243 e. The van der Waals surface area contributed by atoms with E-state index in [9.17, 15) is 8.42 Å². The molecule has 2 N–H and O–H groups in total. The summed E-state index contributed by atoms with van der Waals surface area (Å²) >= 11 is 5.85. The Labute approximate surface area is 113 Å². The average Bonchev–Trinajstić information content (AvgIpc) is 2.38. The summed E-state index contributed by atoms with van der Waals surface area (Å²) in [6, 6.07) is 6.28. The van der Waals surface area contributed by atoms with E-state index in [1.54, 1.807) is 18.2 Å². The van der Waals surface area contributed by atoms with Gasteiger partial charge in [-0.05, 0) is 31.0 Å². The minimum atomic E-state index is -3.48. The van der Waals surface area contributed by atoms with Gasteiger partial charge >= 0.3 is 0 Å². The van der Waals surface area contributed by atoms with Gasteiger partial charge in [-0.3, -0.25) is 0 Å². The minimum Gasteiger partial charge on any atom is -0.329 e. The maximum absolute atomic E-state index is 12.5. The van der Waals surface area contributed by atoms with Gasteiger partial charge in [-0.15, -0.1) is 0 Å². The van der Waals surface area contributed by atoms with E-state index in [1.807, 2.05) is 0 Å². The Bertz CT molecular complexity index is 519. The normalized spacial score (nSPS) is 22.0. The van der Waals surface area contributed by atoms with Crippen LogP contribution in [0, 0.1) is 0 Å². The fourth-order valence-electron chi connectivity index (χ4n) is 2.29. The molecule has 1 saturated heterocycles. The van der Waals surface area contributed by atoms with Gasteiger partial charge in [-0.25, -0.2) is 8.42 Å². The Kier molecular flexibility index (Phi) is 4.27. The van der Waals surface area contributed by atoms with Gasteiger partial charge < -0.3 is 5.73 Å². The van der Waals surface area contributed by atoms with Crippen molar-refractivity contribution in [2.75, 3.05) is 13.1 Å². The van der Waals surface area contributed by atoms with Crippen LogP contribution in [0.5, 0.6) is 0 Å². The van der Waals surface area contributed by atoms with Crippen molar-refractivity contribution in [1.29, 1.82) is 0 Å². The Morgan fingerprint density at radius 2 is 2.17 bits per heavy atom. The van der Waals surface area contributed by atoms with Crippen LogP contribution in [0.15, 0.2) is 29.2 Å².